The number of nitrogens with zero attached hydrogens (tertiary/aromatic N) is 4. The van der Waals surface area contributed by atoms with Crippen LogP contribution in [0.2, 0.25) is 0 Å². The molecule has 0 spiro atoms. The molecule has 2 N–H and O–H groups in total. The van der Waals surface area contributed by atoms with Gasteiger partial charge in [0.1, 0.15) is 23.3 Å². The molecule has 4 heterocycles. The lowest BCUT2D eigenvalue weighted by molar-refractivity contribution is -0.118. The van der Waals surface area contributed by atoms with Crippen molar-refractivity contribution in [2.75, 3.05) is 18.5 Å². The van der Waals surface area contributed by atoms with Gasteiger partial charge >= 0.3 is 0 Å². The minimum atomic E-state index is -0.141. The number of anilines is 1. The number of amides is 1. The Bertz CT molecular complexity index is 1330. The Labute approximate surface area is 216 Å². The van der Waals surface area contributed by atoms with Crippen LogP contribution in [0.1, 0.15) is 67.8 Å². The molecule has 3 aromatic rings. The summed E-state index contributed by atoms with van der Waals surface area (Å²) in [7, 11) is 0. The number of carbonyl (C=O) groups excluding carboxylic acids is 2. The average molecular weight is 501 g/mol. The highest BCUT2D eigenvalue weighted by Gasteiger charge is 2.25. The Hall–Kier alpha value is -3.77. The quantitative estimate of drug-likeness (QED) is 0.500. The Morgan fingerprint density at radius 1 is 1.08 bits per heavy atom. The molecule has 0 bridgehead atoms. The van der Waals surface area contributed by atoms with Crippen molar-refractivity contribution in [2.45, 2.75) is 64.0 Å². The molecule has 0 atom stereocenters. The molecule has 9 heteroatoms. The van der Waals surface area contributed by atoms with Crippen LogP contribution in [-0.2, 0) is 9.53 Å². The number of ketones is 1. The number of pyridine rings is 2. The van der Waals surface area contributed by atoms with Gasteiger partial charge in [-0.1, -0.05) is 0 Å². The first-order valence-corrected chi connectivity index (χ1v) is 13.0. The molecule has 192 valence electrons. The number of rotatable bonds is 7. The third-order valence-electron chi connectivity index (χ3n) is 7.38. The zero-order valence-electron chi connectivity index (χ0n) is 21.1. The highest BCUT2D eigenvalue weighted by atomic mass is 16.5. The molecule has 2 fully saturated rings. The predicted molar refractivity (Wildman–Crippen MR) is 140 cm³/mol. The molecular formula is C28H32N6O3. The summed E-state index contributed by atoms with van der Waals surface area (Å²) in [6.07, 6.45) is 11.1. The number of hydrogen-bond donors (Lipinski definition) is 2. The van der Waals surface area contributed by atoms with Gasteiger partial charge < -0.3 is 20.2 Å². The van der Waals surface area contributed by atoms with Crippen molar-refractivity contribution in [3.8, 4) is 11.9 Å². The van der Waals surface area contributed by atoms with E-state index in [1.807, 2.05) is 22.9 Å². The fourth-order valence-electron chi connectivity index (χ4n) is 5.39. The highest BCUT2D eigenvalue weighted by molar-refractivity contribution is 6.00. The molecule has 1 saturated carbocycles. The standard InChI is InChI=1S/C28H32N6O3/c1-18(35)12-19-2-4-22(5-3-19)33-28(36)24-17-30-26(14-25(24)32-23-7-10-37-11-8-23)34-9-6-21-13-20(15-29)16-31-27(21)34/h6,9,13-14,16-17,19,22-23H,2-5,7-8,10-12H2,1H3,(H,30,32)(H,33,36). The summed E-state index contributed by atoms with van der Waals surface area (Å²) >= 11 is 0. The van der Waals surface area contributed by atoms with Crippen LogP contribution in [0.5, 0.6) is 0 Å². The number of nitrogens with one attached hydrogen (secondary N) is 2. The molecule has 0 radical (unpaired) electrons. The fourth-order valence-corrected chi connectivity index (χ4v) is 5.39. The number of fused-ring (bicyclic) bond motifs is 1. The average Bonchev–Trinajstić information content (AvgIpc) is 3.33. The van der Waals surface area contributed by atoms with Gasteiger partial charge in [-0.25, -0.2) is 9.97 Å². The Balaban J connectivity index is 1.38. The van der Waals surface area contributed by atoms with Crippen molar-refractivity contribution in [2.24, 2.45) is 5.92 Å². The van der Waals surface area contributed by atoms with Crippen molar-refractivity contribution in [1.29, 1.82) is 5.26 Å². The van der Waals surface area contributed by atoms with Crippen LogP contribution in [0.4, 0.5) is 5.69 Å². The van der Waals surface area contributed by atoms with Crippen LogP contribution >= 0.6 is 0 Å². The molecule has 1 saturated heterocycles. The van der Waals surface area contributed by atoms with E-state index in [9.17, 15) is 14.9 Å². The highest BCUT2D eigenvalue weighted by Crippen LogP contribution is 2.29. The summed E-state index contributed by atoms with van der Waals surface area (Å²) in [5.74, 6) is 1.16. The number of Topliss-reactive ketones (excluding diaryl/α,β-unsaturated/α-hetero) is 1. The van der Waals surface area contributed by atoms with Crippen LogP contribution in [-0.4, -0.2) is 51.5 Å². The summed E-state index contributed by atoms with van der Waals surface area (Å²) in [5.41, 5.74) is 2.44. The van der Waals surface area contributed by atoms with Crippen molar-refractivity contribution in [3.63, 3.8) is 0 Å². The Morgan fingerprint density at radius 3 is 2.59 bits per heavy atom. The fraction of sp³-hybridized carbons (Fsp3) is 0.464. The van der Waals surface area contributed by atoms with E-state index in [4.69, 9.17) is 4.74 Å². The zero-order chi connectivity index (χ0) is 25.8. The smallest absolute Gasteiger partial charge is 0.255 e. The van der Waals surface area contributed by atoms with E-state index in [1.165, 1.54) is 0 Å². The lowest BCUT2D eigenvalue weighted by atomic mass is 9.83. The van der Waals surface area contributed by atoms with Gasteiger partial charge in [0, 0.05) is 61.8 Å². The zero-order valence-corrected chi connectivity index (χ0v) is 21.1. The number of ether oxygens (including phenoxy) is 1. The minimum absolute atomic E-state index is 0.0956. The van der Waals surface area contributed by atoms with Gasteiger partial charge in [0.15, 0.2) is 0 Å². The van der Waals surface area contributed by atoms with E-state index in [0.717, 1.165) is 49.6 Å². The minimum Gasteiger partial charge on any atom is -0.381 e. The second kappa shape index (κ2) is 11.1. The number of nitriles is 1. The number of aromatic nitrogens is 3. The molecule has 2 aliphatic rings. The van der Waals surface area contributed by atoms with E-state index in [-0.39, 0.29) is 23.8 Å². The van der Waals surface area contributed by atoms with Crippen LogP contribution in [0.3, 0.4) is 0 Å². The van der Waals surface area contributed by atoms with Crippen LogP contribution in [0, 0.1) is 17.2 Å². The van der Waals surface area contributed by atoms with Gasteiger partial charge in [0.05, 0.1) is 16.8 Å². The summed E-state index contributed by atoms with van der Waals surface area (Å²) in [6.45, 7) is 3.02. The monoisotopic (exact) mass is 500 g/mol. The normalized spacial score (nSPS) is 20.3. The summed E-state index contributed by atoms with van der Waals surface area (Å²) < 4.78 is 7.37. The van der Waals surface area contributed by atoms with E-state index in [2.05, 4.69) is 26.7 Å². The van der Waals surface area contributed by atoms with Crippen molar-refractivity contribution < 1.29 is 14.3 Å². The van der Waals surface area contributed by atoms with Crippen molar-refractivity contribution >= 4 is 28.4 Å². The first kappa shape index (κ1) is 24.9. The lowest BCUT2D eigenvalue weighted by Gasteiger charge is -2.29. The number of hydrogen-bond acceptors (Lipinski definition) is 7. The molecule has 37 heavy (non-hydrogen) atoms. The van der Waals surface area contributed by atoms with Gasteiger partial charge in [-0.05, 0) is 63.5 Å². The van der Waals surface area contributed by atoms with E-state index < -0.39 is 0 Å². The summed E-state index contributed by atoms with van der Waals surface area (Å²) in [6, 6.07) is 8.02. The SMILES string of the molecule is CC(=O)CC1CCC(NC(=O)c2cnc(-n3ccc4cc(C#N)cnc43)cc2NC2CCOCC2)CC1. The first-order chi connectivity index (χ1) is 18.0. The Kier molecular flexibility index (Phi) is 7.47. The second-order valence-electron chi connectivity index (χ2n) is 10.2. The first-order valence-electron chi connectivity index (χ1n) is 13.0. The van der Waals surface area contributed by atoms with Crippen molar-refractivity contribution in [1.82, 2.24) is 19.9 Å². The van der Waals surface area contributed by atoms with E-state index >= 15 is 0 Å². The second-order valence-corrected chi connectivity index (χ2v) is 10.2. The molecule has 0 aromatic carbocycles. The molecule has 1 amide bonds. The molecule has 1 aliphatic carbocycles. The molecule has 0 unspecified atom stereocenters. The third kappa shape index (κ3) is 5.81. The Morgan fingerprint density at radius 2 is 1.86 bits per heavy atom. The lowest BCUT2D eigenvalue weighted by Crippen LogP contribution is -2.38. The summed E-state index contributed by atoms with van der Waals surface area (Å²) in [4.78, 5) is 33.9. The maximum atomic E-state index is 13.4. The van der Waals surface area contributed by atoms with E-state index in [1.54, 1.807) is 25.4 Å². The molecule has 3 aromatic heterocycles. The molecular weight excluding hydrogens is 468 g/mol. The number of carbonyl (C=O) groups is 2. The molecule has 5 rings (SSSR count). The van der Waals surface area contributed by atoms with Crippen LogP contribution < -0.4 is 10.6 Å². The van der Waals surface area contributed by atoms with Crippen LogP contribution in [0.15, 0.2) is 36.8 Å². The topological polar surface area (TPSA) is 122 Å². The maximum Gasteiger partial charge on any atom is 0.255 e. The van der Waals surface area contributed by atoms with Crippen LogP contribution in [0.25, 0.3) is 16.9 Å². The van der Waals surface area contributed by atoms with Gasteiger partial charge in [0.2, 0.25) is 0 Å². The van der Waals surface area contributed by atoms with E-state index in [0.29, 0.717) is 48.1 Å². The molecule has 1 aliphatic heterocycles. The van der Waals surface area contributed by atoms with Gasteiger partial charge in [-0.3, -0.25) is 9.36 Å². The third-order valence-corrected chi connectivity index (χ3v) is 7.38. The summed E-state index contributed by atoms with van der Waals surface area (Å²) in [5, 5.41) is 16.8. The largest absolute Gasteiger partial charge is 0.381 e. The van der Waals surface area contributed by atoms with Gasteiger partial charge in [-0.15, -0.1) is 0 Å². The maximum absolute atomic E-state index is 13.4. The van der Waals surface area contributed by atoms with Crippen molar-refractivity contribution in [3.05, 3.63) is 47.9 Å². The van der Waals surface area contributed by atoms with Gasteiger partial charge in [-0.2, -0.15) is 5.26 Å². The molecule has 9 nitrogen and oxygen atoms in total. The van der Waals surface area contributed by atoms with Gasteiger partial charge in [0.25, 0.3) is 5.91 Å². The predicted octanol–water partition coefficient (Wildman–Crippen LogP) is 4.15.